The second kappa shape index (κ2) is 9.87. The Morgan fingerprint density at radius 2 is 1.57 bits per heavy atom. The van der Waals surface area contributed by atoms with Gasteiger partial charge in [-0.05, 0) is 25.2 Å². The number of carbonyl (C=O) groups is 1. The van der Waals surface area contributed by atoms with Crippen molar-refractivity contribution in [3.8, 4) is 11.5 Å². The second-order valence-corrected chi connectivity index (χ2v) is 9.15. The number of piperazine rings is 1. The van der Waals surface area contributed by atoms with E-state index in [1.807, 2.05) is 72.8 Å². The first-order chi connectivity index (χ1) is 18.2. The molecule has 9 heteroatoms. The van der Waals surface area contributed by atoms with Gasteiger partial charge in [0.2, 0.25) is 6.17 Å². The van der Waals surface area contributed by atoms with Crippen molar-refractivity contribution in [3.63, 3.8) is 0 Å². The number of nitrogens with zero attached hydrogens (tertiary/aromatic N) is 5. The lowest BCUT2D eigenvalue weighted by Gasteiger charge is -2.34. The monoisotopic (exact) mass is 493 g/mol. The van der Waals surface area contributed by atoms with E-state index in [1.165, 1.54) is 0 Å². The zero-order valence-electron chi connectivity index (χ0n) is 20.5. The molecule has 0 radical (unpaired) electrons. The van der Waals surface area contributed by atoms with Crippen LogP contribution in [0, 0.1) is 0 Å². The molecule has 0 saturated carbocycles. The van der Waals surface area contributed by atoms with E-state index in [1.54, 1.807) is 0 Å². The van der Waals surface area contributed by atoms with Crippen LogP contribution in [0.4, 0.5) is 17.4 Å². The van der Waals surface area contributed by atoms with E-state index >= 15 is 0 Å². The molecule has 0 aliphatic carbocycles. The molecular formula is C28H27N7O2. The van der Waals surface area contributed by atoms with Crippen molar-refractivity contribution in [2.75, 3.05) is 48.8 Å². The smallest absolute Gasteiger partial charge is 0.317 e. The summed E-state index contributed by atoms with van der Waals surface area (Å²) in [6.07, 6.45) is -0.955. The fourth-order valence-corrected chi connectivity index (χ4v) is 4.67. The highest BCUT2D eigenvalue weighted by Gasteiger charge is 2.27. The van der Waals surface area contributed by atoms with Gasteiger partial charge in [0, 0.05) is 43.0 Å². The molecule has 6 rings (SSSR count). The van der Waals surface area contributed by atoms with E-state index < -0.39 is 6.17 Å². The van der Waals surface area contributed by atoms with E-state index in [4.69, 9.17) is 9.41 Å². The van der Waals surface area contributed by atoms with Crippen LogP contribution in [0.1, 0.15) is 11.1 Å². The van der Waals surface area contributed by atoms with Crippen molar-refractivity contribution in [1.29, 1.82) is 0 Å². The first-order valence-corrected chi connectivity index (χ1v) is 12.3. The summed E-state index contributed by atoms with van der Waals surface area (Å²) < 4.78 is 6.01. The summed E-state index contributed by atoms with van der Waals surface area (Å²) >= 11 is 0. The van der Waals surface area contributed by atoms with Crippen LogP contribution in [0.2, 0.25) is 0 Å². The minimum Gasteiger partial charge on any atom is -0.403 e. The topological polar surface area (TPSA) is 98.9 Å². The number of para-hydroxylation sites is 2. The average molecular weight is 494 g/mol. The highest BCUT2D eigenvalue weighted by molar-refractivity contribution is 6.19. The number of benzodiazepines with no additional fused rings is 1. The third-order valence-corrected chi connectivity index (χ3v) is 6.66. The van der Waals surface area contributed by atoms with Crippen molar-refractivity contribution in [3.05, 3.63) is 90.0 Å². The Balaban J connectivity index is 1.30. The molecule has 1 unspecified atom stereocenters. The molecule has 0 bridgehead atoms. The van der Waals surface area contributed by atoms with Crippen LogP contribution < -0.4 is 15.5 Å². The second-order valence-electron chi connectivity index (χ2n) is 9.15. The molecule has 3 aromatic carbocycles. The van der Waals surface area contributed by atoms with Crippen LogP contribution in [0.3, 0.4) is 0 Å². The molecular weight excluding hydrogens is 466 g/mol. The summed E-state index contributed by atoms with van der Waals surface area (Å²) in [6.45, 7) is 3.83. The highest BCUT2D eigenvalue weighted by atomic mass is 16.4. The Bertz CT molecular complexity index is 1440. The van der Waals surface area contributed by atoms with Gasteiger partial charge in [-0.15, -0.1) is 5.10 Å². The molecule has 1 amide bonds. The van der Waals surface area contributed by atoms with Crippen LogP contribution in [0.25, 0.3) is 11.5 Å². The molecule has 1 atom stereocenters. The molecule has 1 saturated heterocycles. The first kappa shape index (κ1) is 22.9. The van der Waals surface area contributed by atoms with E-state index in [2.05, 4.69) is 43.7 Å². The molecule has 4 aromatic rings. The number of hydrogen-bond donors (Lipinski definition) is 2. The van der Waals surface area contributed by atoms with Crippen LogP contribution in [0.15, 0.2) is 88.3 Å². The molecule has 0 spiro atoms. The summed E-state index contributed by atoms with van der Waals surface area (Å²) in [5.74, 6) is 0.0811. The minimum atomic E-state index is -0.955. The van der Waals surface area contributed by atoms with Gasteiger partial charge in [0.25, 0.3) is 11.8 Å². The SMILES string of the molecule is CN1CCN(c2ccccc2-c2nnc(NC3N=C(c4ccccc4)c4ccccc4NC3=O)o2)CC1. The lowest BCUT2D eigenvalue weighted by Crippen LogP contribution is -2.44. The summed E-state index contributed by atoms with van der Waals surface area (Å²) in [5.41, 5.74) is 5.07. The Morgan fingerprint density at radius 3 is 2.38 bits per heavy atom. The van der Waals surface area contributed by atoms with E-state index in [-0.39, 0.29) is 11.9 Å². The molecule has 2 aliphatic rings. The van der Waals surface area contributed by atoms with Gasteiger partial charge in [-0.2, -0.15) is 0 Å². The maximum atomic E-state index is 13.1. The van der Waals surface area contributed by atoms with E-state index in [0.717, 1.165) is 48.6 Å². The normalized spacial score (nSPS) is 18.0. The summed E-state index contributed by atoms with van der Waals surface area (Å²) in [5, 5.41) is 14.5. The highest BCUT2D eigenvalue weighted by Crippen LogP contribution is 2.32. The van der Waals surface area contributed by atoms with Crippen molar-refractivity contribution in [2.45, 2.75) is 6.17 Å². The van der Waals surface area contributed by atoms with Gasteiger partial charge in [-0.3, -0.25) is 4.79 Å². The van der Waals surface area contributed by atoms with Gasteiger partial charge in [0.05, 0.1) is 17.0 Å². The predicted molar refractivity (Wildman–Crippen MR) is 144 cm³/mol. The maximum Gasteiger partial charge on any atom is 0.317 e. The van der Waals surface area contributed by atoms with Crippen LogP contribution in [-0.4, -0.2) is 66.1 Å². The number of likely N-dealkylation sites (N-methyl/N-ethyl adjacent to an activating group) is 1. The number of fused-ring (bicyclic) bond motifs is 1. The molecule has 1 fully saturated rings. The molecule has 37 heavy (non-hydrogen) atoms. The Morgan fingerprint density at radius 1 is 0.865 bits per heavy atom. The third-order valence-electron chi connectivity index (χ3n) is 6.66. The van der Waals surface area contributed by atoms with Crippen molar-refractivity contribution in [1.82, 2.24) is 15.1 Å². The van der Waals surface area contributed by atoms with Gasteiger partial charge >= 0.3 is 6.01 Å². The Kier molecular flexibility index (Phi) is 6.11. The lowest BCUT2D eigenvalue weighted by atomic mass is 10.0. The number of amides is 1. The number of aliphatic imine (C=N–C) groups is 1. The minimum absolute atomic E-state index is 0.130. The predicted octanol–water partition coefficient (Wildman–Crippen LogP) is 3.72. The lowest BCUT2D eigenvalue weighted by molar-refractivity contribution is -0.116. The molecule has 3 heterocycles. The zero-order valence-corrected chi connectivity index (χ0v) is 20.5. The molecule has 2 N–H and O–H groups in total. The number of aromatic nitrogens is 2. The number of carbonyl (C=O) groups excluding carboxylic acids is 1. The summed E-state index contributed by atoms with van der Waals surface area (Å²) in [4.78, 5) is 22.6. The van der Waals surface area contributed by atoms with Gasteiger partial charge < -0.3 is 24.9 Å². The Labute approximate surface area is 214 Å². The third kappa shape index (κ3) is 4.68. The average Bonchev–Trinajstić information content (AvgIpc) is 3.35. The van der Waals surface area contributed by atoms with Gasteiger partial charge in [0.1, 0.15) is 0 Å². The first-order valence-electron chi connectivity index (χ1n) is 12.3. The quantitative estimate of drug-likeness (QED) is 0.437. The maximum absolute atomic E-state index is 13.1. The standard InChI is InChI=1S/C28H27N7O2/c1-34-15-17-35(18-16-34)23-14-8-6-12-21(23)27-32-33-28(37-27)31-25-26(36)29-22-13-7-5-11-20(22)24(30-25)19-9-3-2-4-10-19/h2-14,25H,15-18H2,1H3,(H,29,36)(H,31,33). The largest absolute Gasteiger partial charge is 0.403 e. The Hall–Kier alpha value is -4.50. The number of anilines is 3. The van der Waals surface area contributed by atoms with Crippen molar-refractivity contribution in [2.24, 2.45) is 4.99 Å². The zero-order chi connectivity index (χ0) is 25.2. The van der Waals surface area contributed by atoms with Crippen LogP contribution in [0.5, 0.6) is 0 Å². The van der Waals surface area contributed by atoms with Gasteiger partial charge in [0.15, 0.2) is 0 Å². The molecule has 1 aromatic heterocycles. The van der Waals surface area contributed by atoms with Gasteiger partial charge in [-0.1, -0.05) is 65.8 Å². The van der Waals surface area contributed by atoms with Crippen LogP contribution >= 0.6 is 0 Å². The van der Waals surface area contributed by atoms with E-state index in [9.17, 15) is 4.79 Å². The number of rotatable bonds is 5. The summed E-state index contributed by atoms with van der Waals surface area (Å²) in [6, 6.07) is 25.6. The molecule has 9 nitrogen and oxygen atoms in total. The fourth-order valence-electron chi connectivity index (χ4n) is 4.67. The van der Waals surface area contributed by atoms with Crippen LogP contribution in [-0.2, 0) is 4.79 Å². The molecule has 186 valence electrons. The van der Waals surface area contributed by atoms with Crippen molar-refractivity contribution >= 4 is 29.0 Å². The number of benzene rings is 3. The fraction of sp³-hybridized carbons (Fsp3) is 0.214. The molecule has 2 aliphatic heterocycles. The number of nitrogens with one attached hydrogen (secondary N) is 2. The van der Waals surface area contributed by atoms with Crippen molar-refractivity contribution < 1.29 is 9.21 Å². The summed E-state index contributed by atoms with van der Waals surface area (Å²) in [7, 11) is 2.13. The number of hydrogen-bond acceptors (Lipinski definition) is 8. The van der Waals surface area contributed by atoms with E-state index in [0.29, 0.717) is 17.3 Å². The van der Waals surface area contributed by atoms with Gasteiger partial charge in [-0.25, -0.2) is 4.99 Å².